The van der Waals surface area contributed by atoms with Crippen molar-refractivity contribution in [2.24, 2.45) is 0 Å². The molecule has 1 saturated heterocycles. The third kappa shape index (κ3) is 3.26. The van der Waals surface area contributed by atoms with E-state index in [1.807, 2.05) is 54.6 Å². The van der Waals surface area contributed by atoms with Gasteiger partial charge < -0.3 is 9.64 Å². The Hall–Kier alpha value is -3.48. The zero-order valence-electron chi connectivity index (χ0n) is 15.4. The van der Waals surface area contributed by atoms with Crippen molar-refractivity contribution in [3.63, 3.8) is 0 Å². The summed E-state index contributed by atoms with van der Waals surface area (Å²) in [5.74, 6) is 2.39. The van der Waals surface area contributed by atoms with Crippen LogP contribution in [0, 0.1) is 0 Å². The monoisotopic (exact) mass is 372 g/mol. The maximum atomic E-state index is 5.97. The molecule has 4 aromatic rings. The van der Waals surface area contributed by atoms with Crippen LogP contribution in [0.15, 0.2) is 60.8 Å². The second kappa shape index (κ2) is 7.26. The molecule has 3 aromatic heterocycles. The first-order valence-electron chi connectivity index (χ1n) is 9.47. The molecule has 5 rings (SSSR count). The summed E-state index contributed by atoms with van der Waals surface area (Å²) in [7, 11) is 0. The van der Waals surface area contributed by atoms with Crippen LogP contribution in [0.5, 0.6) is 5.75 Å². The van der Waals surface area contributed by atoms with Gasteiger partial charge >= 0.3 is 0 Å². The molecular weight excluding hydrogens is 352 g/mol. The lowest BCUT2D eigenvalue weighted by Gasteiger charge is -2.16. The molecule has 7 heteroatoms. The number of benzene rings is 1. The molecule has 0 radical (unpaired) electrons. The van der Waals surface area contributed by atoms with Gasteiger partial charge in [0, 0.05) is 30.9 Å². The largest absolute Gasteiger partial charge is 0.485 e. The van der Waals surface area contributed by atoms with Crippen LogP contribution in [0.4, 0.5) is 5.82 Å². The lowest BCUT2D eigenvalue weighted by Crippen LogP contribution is -2.18. The molecule has 0 spiro atoms. The summed E-state index contributed by atoms with van der Waals surface area (Å²) in [6.07, 6.45) is 4.22. The summed E-state index contributed by atoms with van der Waals surface area (Å²) in [5.41, 5.74) is 2.62. The van der Waals surface area contributed by atoms with Crippen molar-refractivity contribution in [2.75, 3.05) is 18.0 Å². The summed E-state index contributed by atoms with van der Waals surface area (Å²) in [6, 6.07) is 17.8. The number of nitrogens with zero attached hydrogens (tertiary/aromatic N) is 6. The van der Waals surface area contributed by atoms with Gasteiger partial charge in [-0.25, -0.2) is 4.98 Å². The van der Waals surface area contributed by atoms with E-state index < -0.39 is 0 Å². The first kappa shape index (κ1) is 16.7. The molecule has 0 amide bonds. The predicted molar refractivity (Wildman–Crippen MR) is 106 cm³/mol. The Kier molecular flexibility index (Phi) is 4.33. The SMILES string of the molecule is c1ccc(-c2ccc3nnc(COc4ccnc(N5CCCC5)c4)n3n2)cc1. The van der Waals surface area contributed by atoms with E-state index in [1.54, 1.807) is 10.7 Å². The van der Waals surface area contributed by atoms with Gasteiger partial charge in [0.1, 0.15) is 18.2 Å². The number of ether oxygens (including phenoxy) is 1. The van der Waals surface area contributed by atoms with Crippen molar-refractivity contribution in [3.8, 4) is 17.0 Å². The fourth-order valence-electron chi connectivity index (χ4n) is 3.44. The van der Waals surface area contributed by atoms with Crippen LogP contribution in [0.1, 0.15) is 18.7 Å². The molecule has 7 nitrogen and oxygen atoms in total. The zero-order valence-corrected chi connectivity index (χ0v) is 15.4. The Morgan fingerprint density at radius 2 is 1.79 bits per heavy atom. The van der Waals surface area contributed by atoms with E-state index in [2.05, 4.69) is 25.2 Å². The second-order valence-corrected chi connectivity index (χ2v) is 6.80. The summed E-state index contributed by atoms with van der Waals surface area (Å²) in [6.45, 7) is 2.39. The number of hydrogen-bond donors (Lipinski definition) is 0. The van der Waals surface area contributed by atoms with E-state index in [9.17, 15) is 0 Å². The van der Waals surface area contributed by atoms with Gasteiger partial charge in [-0.1, -0.05) is 30.3 Å². The van der Waals surface area contributed by atoms with Crippen molar-refractivity contribution in [1.29, 1.82) is 0 Å². The highest BCUT2D eigenvalue weighted by molar-refractivity contribution is 5.59. The molecule has 28 heavy (non-hydrogen) atoms. The van der Waals surface area contributed by atoms with E-state index in [0.717, 1.165) is 35.9 Å². The molecule has 0 atom stereocenters. The minimum atomic E-state index is 0.288. The molecule has 0 bridgehead atoms. The highest BCUT2D eigenvalue weighted by Crippen LogP contribution is 2.23. The molecule has 0 saturated carbocycles. The number of pyridine rings is 1. The molecular formula is C21H20N6O. The summed E-state index contributed by atoms with van der Waals surface area (Å²) < 4.78 is 7.72. The normalized spacial score (nSPS) is 13.9. The number of aromatic nitrogens is 5. The molecule has 0 unspecified atom stereocenters. The molecule has 0 aliphatic carbocycles. The third-order valence-electron chi connectivity index (χ3n) is 4.91. The van der Waals surface area contributed by atoms with Crippen molar-refractivity contribution in [1.82, 2.24) is 24.8 Å². The van der Waals surface area contributed by atoms with Crippen LogP contribution in [0.25, 0.3) is 16.9 Å². The molecule has 1 fully saturated rings. The van der Waals surface area contributed by atoms with Gasteiger partial charge in [-0.2, -0.15) is 9.61 Å². The van der Waals surface area contributed by atoms with Crippen LogP contribution in [-0.2, 0) is 6.61 Å². The van der Waals surface area contributed by atoms with Crippen molar-refractivity contribution >= 4 is 11.5 Å². The molecule has 4 heterocycles. The summed E-state index contributed by atoms with van der Waals surface area (Å²) in [5, 5.41) is 13.1. The highest BCUT2D eigenvalue weighted by atomic mass is 16.5. The maximum absolute atomic E-state index is 5.97. The summed E-state index contributed by atoms with van der Waals surface area (Å²) in [4.78, 5) is 6.75. The van der Waals surface area contributed by atoms with E-state index in [4.69, 9.17) is 4.74 Å². The Labute approximate surface area is 162 Å². The minimum absolute atomic E-state index is 0.288. The Balaban J connectivity index is 1.37. The van der Waals surface area contributed by atoms with Crippen LogP contribution >= 0.6 is 0 Å². The van der Waals surface area contributed by atoms with E-state index >= 15 is 0 Å². The minimum Gasteiger partial charge on any atom is -0.485 e. The van der Waals surface area contributed by atoms with Gasteiger partial charge in [0.25, 0.3) is 0 Å². The number of rotatable bonds is 5. The average Bonchev–Trinajstić information content (AvgIpc) is 3.43. The fourth-order valence-corrected chi connectivity index (χ4v) is 3.44. The van der Waals surface area contributed by atoms with Gasteiger partial charge in [0.15, 0.2) is 11.5 Å². The Morgan fingerprint density at radius 1 is 0.929 bits per heavy atom. The molecule has 140 valence electrons. The highest BCUT2D eigenvalue weighted by Gasteiger charge is 2.14. The Bertz CT molecular complexity index is 1090. The number of hydrogen-bond acceptors (Lipinski definition) is 6. The van der Waals surface area contributed by atoms with Crippen molar-refractivity contribution in [3.05, 3.63) is 66.6 Å². The van der Waals surface area contributed by atoms with E-state index in [1.165, 1.54) is 12.8 Å². The number of anilines is 1. The van der Waals surface area contributed by atoms with Crippen LogP contribution in [0.3, 0.4) is 0 Å². The van der Waals surface area contributed by atoms with Gasteiger partial charge in [-0.05, 0) is 31.0 Å². The molecule has 1 aromatic carbocycles. The molecule has 1 aliphatic rings. The fraction of sp³-hybridized carbons (Fsp3) is 0.238. The van der Waals surface area contributed by atoms with E-state index in [0.29, 0.717) is 11.5 Å². The quantitative estimate of drug-likeness (QED) is 0.535. The van der Waals surface area contributed by atoms with Crippen molar-refractivity contribution in [2.45, 2.75) is 19.4 Å². The van der Waals surface area contributed by atoms with Crippen molar-refractivity contribution < 1.29 is 4.74 Å². The van der Waals surface area contributed by atoms with Gasteiger partial charge in [0.05, 0.1) is 5.69 Å². The molecule has 1 aliphatic heterocycles. The van der Waals surface area contributed by atoms with Crippen LogP contribution in [-0.4, -0.2) is 37.9 Å². The molecule has 0 N–H and O–H groups in total. The topological polar surface area (TPSA) is 68.4 Å². The van der Waals surface area contributed by atoms with Gasteiger partial charge in [0.2, 0.25) is 0 Å². The Morgan fingerprint density at radius 3 is 2.64 bits per heavy atom. The number of fused-ring (bicyclic) bond motifs is 1. The lowest BCUT2D eigenvalue weighted by atomic mass is 10.1. The zero-order chi connectivity index (χ0) is 18.8. The van der Waals surface area contributed by atoms with Gasteiger partial charge in [-0.15, -0.1) is 10.2 Å². The lowest BCUT2D eigenvalue weighted by molar-refractivity contribution is 0.292. The first-order valence-corrected chi connectivity index (χ1v) is 9.47. The third-order valence-corrected chi connectivity index (χ3v) is 4.91. The predicted octanol–water partition coefficient (Wildman–Crippen LogP) is 3.37. The van der Waals surface area contributed by atoms with Crippen LogP contribution in [0.2, 0.25) is 0 Å². The second-order valence-electron chi connectivity index (χ2n) is 6.80. The van der Waals surface area contributed by atoms with E-state index in [-0.39, 0.29) is 6.61 Å². The summed E-state index contributed by atoms with van der Waals surface area (Å²) >= 11 is 0. The average molecular weight is 372 g/mol. The van der Waals surface area contributed by atoms with Crippen LogP contribution < -0.4 is 9.64 Å². The maximum Gasteiger partial charge on any atom is 0.192 e. The smallest absolute Gasteiger partial charge is 0.192 e. The van der Waals surface area contributed by atoms with Gasteiger partial charge in [-0.3, -0.25) is 0 Å². The first-order chi connectivity index (χ1) is 13.9. The standard InChI is InChI=1S/C21H20N6O/c1-2-6-16(7-3-1)18-8-9-19-23-24-21(27(19)25-18)15-28-17-10-11-22-20(14-17)26-12-4-5-13-26/h1-3,6-11,14H,4-5,12-13,15H2.